The van der Waals surface area contributed by atoms with E-state index in [9.17, 15) is 23.1 Å². The molecule has 1 aliphatic rings. The first kappa shape index (κ1) is 20.7. The van der Waals surface area contributed by atoms with Crippen LogP contribution in [0.3, 0.4) is 0 Å². The average molecular weight is 422 g/mol. The van der Waals surface area contributed by atoms with Crippen molar-refractivity contribution < 1.29 is 23.1 Å². The van der Waals surface area contributed by atoms with Crippen molar-refractivity contribution in [2.75, 3.05) is 13.1 Å². The van der Waals surface area contributed by atoms with Crippen LogP contribution in [-0.4, -0.2) is 42.7 Å². The highest BCUT2D eigenvalue weighted by Crippen LogP contribution is 2.28. The van der Waals surface area contributed by atoms with Crippen LogP contribution in [0.1, 0.15) is 24.8 Å². The molecule has 8 heteroatoms. The molecule has 3 rings (SSSR count). The molecule has 0 amide bonds. The lowest BCUT2D eigenvalue weighted by Crippen LogP contribution is -2.40. The van der Waals surface area contributed by atoms with E-state index in [1.807, 2.05) is 30.3 Å². The van der Waals surface area contributed by atoms with Crippen molar-refractivity contribution in [1.29, 1.82) is 0 Å². The zero-order valence-corrected chi connectivity index (χ0v) is 17.0. The molecular weight excluding hydrogens is 398 g/mol. The van der Waals surface area contributed by atoms with Crippen LogP contribution in [0.25, 0.3) is 0 Å². The number of rotatable bonds is 8. The Morgan fingerprint density at radius 3 is 2.36 bits per heavy atom. The lowest BCUT2D eigenvalue weighted by atomic mass is 9.86. The fourth-order valence-corrected chi connectivity index (χ4v) is 6.12. The van der Waals surface area contributed by atoms with Crippen molar-refractivity contribution in [2.24, 2.45) is 11.8 Å². The molecule has 0 bridgehead atoms. The summed E-state index contributed by atoms with van der Waals surface area (Å²) in [5.41, 5.74) is 0.888. The zero-order valence-electron chi connectivity index (χ0n) is 15.4. The number of aliphatic carboxylic acids is 1. The van der Waals surface area contributed by atoms with Crippen molar-refractivity contribution in [3.8, 4) is 0 Å². The van der Waals surface area contributed by atoms with Crippen LogP contribution < -0.4 is 0 Å². The zero-order chi connectivity index (χ0) is 20.1. The van der Waals surface area contributed by atoms with Crippen LogP contribution in [0.15, 0.2) is 52.1 Å². The van der Waals surface area contributed by atoms with Crippen LogP contribution in [-0.2, 0) is 26.0 Å². The molecule has 0 saturated carbocycles. The summed E-state index contributed by atoms with van der Waals surface area (Å²) in [6.07, 6.45) is 1.16. The molecule has 1 N–H and O–H groups in total. The summed E-state index contributed by atoms with van der Waals surface area (Å²) in [7, 11) is -3.50. The molecule has 1 atom stereocenters. The molecule has 1 fully saturated rings. The number of benzene rings is 1. The predicted molar refractivity (Wildman–Crippen MR) is 107 cm³/mol. The van der Waals surface area contributed by atoms with Crippen LogP contribution >= 0.6 is 11.3 Å². The van der Waals surface area contributed by atoms with Crippen LogP contribution in [0.2, 0.25) is 0 Å². The fraction of sp³-hybridized carbons (Fsp3) is 0.400. The first-order valence-corrected chi connectivity index (χ1v) is 11.5. The molecule has 28 heavy (non-hydrogen) atoms. The monoisotopic (exact) mass is 421 g/mol. The number of sulfonamides is 1. The van der Waals surface area contributed by atoms with E-state index in [4.69, 9.17) is 0 Å². The van der Waals surface area contributed by atoms with Crippen LogP contribution in [0.5, 0.6) is 0 Å². The van der Waals surface area contributed by atoms with Crippen molar-refractivity contribution >= 4 is 33.1 Å². The number of hydrogen-bond donors (Lipinski definition) is 1. The maximum atomic E-state index is 12.7. The summed E-state index contributed by atoms with van der Waals surface area (Å²) in [6, 6.07) is 12.6. The van der Waals surface area contributed by atoms with E-state index in [-0.39, 0.29) is 31.2 Å². The normalized spacial score (nSPS) is 17.3. The van der Waals surface area contributed by atoms with E-state index in [2.05, 4.69) is 0 Å². The van der Waals surface area contributed by atoms with E-state index < -0.39 is 21.9 Å². The Bertz CT molecular complexity index is 901. The summed E-state index contributed by atoms with van der Waals surface area (Å²) >= 11 is 1.18. The van der Waals surface area contributed by atoms with E-state index >= 15 is 0 Å². The van der Waals surface area contributed by atoms with E-state index in [1.165, 1.54) is 15.6 Å². The Labute approximate surface area is 168 Å². The van der Waals surface area contributed by atoms with Gasteiger partial charge < -0.3 is 5.11 Å². The summed E-state index contributed by atoms with van der Waals surface area (Å²) < 4.78 is 26.9. The van der Waals surface area contributed by atoms with Crippen molar-refractivity contribution in [2.45, 2.75) is 29.9 Å². The SMILES string of the molecule is O=C(C[C@@H](Cc1ccccc1)C(=O)O)C1CCN(S(=O)(=O)c2cccs2)CC1. The largest absolute Gasteiger partial charge is 0.481 e. The minimum atomic E-state index is -3.50. The molecule has 2 heterocycles. The molecule has 1 aromatic carbocycles. The van der Waals surface area contributed by atoms with Gasteiger partial charge in [0.15, 0.2) is 0 Å². The molecule has 2 aromatic rings. The van der Waals surface area contributed by atoms with E-state index in [1.54, 1.807) is 17.5 Å². The lowest BCUT2D eigenvalue weighted by Gasteiger charge is -2.30. The smallest absolute Gasteiger partial charge is 0.307 e. The second kappa shape index (κ2) is 8.98. The molecule has 0 radical (unpaired) electrons. The Balaban J connectivity index is 1.57. The second-order valence-corrected chi connectivity index (χ2v) is 10.1. The van der Waals surface area contributed by atoms with Gasteiger partial charge in [-0.3, -0.25) is 9.59 Å². The molecule has 6 nitrogen and oxygen atoms in total. The quantitative estimate of drug-likeness (QED) is 0.707. The van der Waals surface area contributed by atoms with Crippen molar-refractivity contribution in [3.63, 3.8) is 0 Å². The van der Waals surface area contributed by atoms with Gasteiger partial charge in [-0.25, -0.2) is 8.42 Å². The minimum absolute atomic E-state index is 0.0213. The highest BCUT2D eigenvalue weighted by atomic mass is 32.2. The van der Waals surface area contributed by atoms with Crippen molar-refractivity contribution in [3.05, 3.63) is 53.4 Å². The maximum Gasteiger partial charge on any atom is 0.307 e. The summed E-state index contributed by atoms with van der Waals surface area (Å²) in [4.78, 5) is 24.3. The summed E-state index contributed by atoms with van der Waals surface area (Å²) in [6.45, 7) is 0.570. The number of hydrogen-bond acceptors (Lipinski definition) is 5. The number of ketones is 1. The number of Topliss-reactive ketones (excluding diaryl/α,β-unsaturated/α-hetero) is 1. The number of piperidine rings is 1. The number of thiophene rings is 1. The minimum Gasteiger partial charge on any atom is -0.481 e. The Morgan fingerprint density at radius 1 is 1.11 bits per heavy atom. The molecule has 0 spiro atoms. The second-order valence-electron chi connectivity index (χ2n) is 7.01. The van der Waals surface area contributed by atoms with E-state index in [0.717, 1.165) is 5.56 Å². The summed E-state index contributed by atoms with van der Waals surface area (Å²) in [5, 5.41) is 11.2. The van der Waals surface area contributed by atoms with E-state index in [0.29, 0.717) is 23.5 Å². The highest BCUT2D eigenvalue weighted by Gasteiger charge is 2.34. The van der Waals surface area contributed by atoms with Gasteiger partial charge in [-0.05, 0) is 36.3 Å². The lowest BCUT2D eigenvalue weighted by molar-refractivity contribution is -0.144. The third kappa shape index (κ3) is 4.87. The first-order valence-electron chi connectivity index (χ1n) is 9.21. The number of carboxylic acid groups (broad SMARTS) is 1. The molecule has 1 saturated heterocycles. The molecule has 150 valence electrons. The highest BCUT2D eigenvalue weighted by molar-refractivity contribution is 7.91. The standard InChI is InChI=1S/C20H23NO5S2/c22-18(14-17(20(23)24)13-15-5-2-1-3-6-15)16-8-10-21(11-9-16)28(25,26)19-7-4-12-27-19/h1-7,12,16-17H,8-11,13-14H2,(H,23,24)/t17-/m1/s1. The Hall–Kier alpha value is -2.03. The summed E-state index contributed by atoms with van der Waals surface area (Å²) in [5.74, 6) is -2.11. The third-order valence-corrected chi connectivity index (χ3v) is 8.39. The number of nitrogens with zero attached hydrogens (tertiary/aromatic N) is 1. The molecule has 0 unspecified atom stereocenters. The maximum absolute atomic E-state index is 12.7. The van der Waals surface area contributed by atoms with Gasteiger partial charge in [0.25, 0.3) is 10.0 Å². The molecule has 0 aliphatic carbocycles. The van der Waals surface area contributed by atoms with Gasteiger partial charge >= 0.3 is 5.97 Å². The molecule has 1 aromatic heterocycles. The van der Waals surface area contributed by atoms with Gasteiger partial charge in [-0.15, -0.1) is 11.3 Å². The third-order valence-electron chi connectivity index (χ3n) is 5.12. The predicted octanol–water partition coefficient (Wildman–Crippen LogP) is 3.05. The first-order chi connectivity index (χ1) is 13.4. The average Bonchev–Trinajstić information content (AvgIpc) is 3.24. The Kier molecular flexibility index (Phi) is 6.64. The van der Waals surface area contributed by atoms with Gasteiger partial charge in [0.05, 0.1) is 5.92 Å². The van der Waals surface area contributed by atoms with Gasteiger partial charge in [0.2, 0.25) is 0 Å². The topological polar surface area (TPSA) is 91.8 Å². The fourth-order valence-electron chi connectivity index (χ4n) is 3.51. The Morgan fingerprint density at radius 2 is 1.79 bits per heavy atom. The molecular formula is C20H23NO5S2. The van der Waals surface area contributed by atoms with Gasteiger partial charge in [0.1, 0.15) is 9.99 Å². The number of carbonyl (C=O) groups is 2. The van der Waals surface area contributed by atoms with Gasteiger partial charge in [-0.2, -0.15) is 4.31 Å². The van der Waals surface area contributed by atoms with Crippen LogP contribution in [0, 0.1) is 11.8 Å². The number of carboxylic acids is 1. The van der Waals surface area contributed by atoms with Gasteiger partial charge in [0, 0.05) is 25.4 Å². The number of carbonyl (C=O) groups excluding carboxylic acids is 1. The molecule has 1 aliphatic heterocycles. The van der Waals surface area contributed by atoms with Crippen LogP contribution in [0.4, 0.5) is 0 Å². The van der Waals surface area contributed by atoms with Crippen molar-refractivity contribution in [1.82, 2.24) is 4.31 Å². The van der Waals surface area contributed by atoms with Gasteiger partial charge in [-0.1, -0.05) is 36.4 Å².